The van der Waals surface area contributed by atoms with Gasteiger partial charge in [-0.25, -0.2) is 4.79 Å². The molecule has 2 aromatic heterocycles. The van der Waals surface area contributed by atoms with Gasteiger partial charge >= 0.3 is 5.97 Å². The molecule has 9 nitrogen and oxygen atoms in total. The number of hydrogen-bond acceptors (Lipinski definition) is 7. The number of esters is 1. The van der Waals surface area contributed by atoms with Gasteiger partial charge in [-0.1, -0.05) is 29.3 Å². The predicted molar refractivity (Wildman–Crippen MR) is 143 cm³/mol. The van der Waals surface area contributed by atoms with E-state index in [1.54, 1.807) is 37.3 Å². The Morgan fingerprint density at radius 1 is 1.13 bits per heavy atom. The van der Waals surface area contributed by atoms with Crippen LogP contribution >= 0.6 is 23.2 Å². The summed E-state index contributed by atoms with van der Waals surface area (Å²) in [5.41, 5.74) is -0.208. The van der Waals surface area contributed by atoms with Crippen LogP contribution in [0.5, 0.6) is 11.6 Å². The third-order valence-corrected chi connectivity index (χ3v) is 5.67. The summed E-state index contributed by atoms with van der Waals surface area (Å²) in [6.45, 7) is 1.92. The summed E-state index contributed by atoms with van der Waals surface area (Å²) >= 11 is 12.2. The first-order valence-corrected chi connectivity index (χ1v) is 11.9. The van der Waals surface area contributed by atoms with Gasteiger partial charge in [0, 0.05) is 16.9 Å². The van der Waals surface area contributed by atoms with E-state index in [0.717, 1.165) is 6.08 Å². The third kappa shape index (κ3) is 5.83. The largest absolute Gasteiger partial charge is 0.462 e. The van der Waals surface area contributed by atoms with Crippen LogP contribution in [0, 0.1) is 11.3 Å². The molecule has 0 aliphatic rings. The average Bonchev–Trinajstić information content (AvgIpc) is 2.90. The molecule has 0 saturated carbocycles. The number of carbonyl (C=O) groups is 2. The lowest BCUT2D eigenvalue weighted by Crippen LogP contribution is -2.20. The lowest BCUT2D eigenvalue weighted by Gasteiger charge is -2.11. The van der Waals surface area contributed by atoms with Gasteiger partial charge in [-0.15, -0.1) is 0 Å². The summed E-state index contributed by atoms with van der Waals surface area (Å²) in [5.74, 6) is -1.28. The standard InChI is InChI=1S/C27H18Cl2N4O5/c1-2-37-27(36)16-6-9-19(10-7-16)31-24(34)17(15-30)13-20-25(38-22-11-8-18(28)14-21(22)29)32-23-5-3-4-12-33(23)26(20)35/h3-14H,2H2,1H3,(H,31,34)/b17-13-. The number of halogens is 2. The van der Waals surface area contributed by atoms with Crippen LogP contribution in [0.4, 0.5) is 5.69 Å². The van der Waals surface area contributed by atoms with Crippen molar-refractivity contribution < 1.29 is 19.1 Å². The van der Waals surface area contributed by atoms with E-state index in [1.165, 1.54) is 47.0 Å². The van der Waals surface area contributed by atoms with Crippen molar-refractivity contribution in [3.8, 4) is 17.7 Å². The highest BCUT2D eigenvalue weighted by Crippen LogP contribution is 2.32. The average molecular weight is 549 g/mol. The van der Waals surface area contributed by atoms with Gasteiger partial charge in [0.05, 0.1) is 17.2 Å². The highest BCUT2D eigenvalue weighted by Gasteiger charge is 2.18. The number of nitrogens with one attached hydrogen (secondary N) is 1. The number of amides is 1. The number of carbonyl (C=O) groups excluding carboxylic acids is 2. The number of nitrogens with zero attached hydrogens (tertiary/aromatic N) is 3. The van der Waals surface area contributed by atoms with E-state index in [9.17, 15) is 19.6 Å². The fraction of sp³-hybridized carbons (Fsp3) is 0.0741. The minimum absolute atomic E-state index is 0.149. The Hall–Kier alpha value is -4.65. The first-order chi connectivity index (χ1) is 18.3. The van der Waals surface area contributed by atoms with Crippen LogP contribution in [0.2, 0.25) is 10.0 Å². The highest BCUT2D eigenvalue weighted by atomic mass is 35.5. The normalized spacial score (nSPS) is 11.1. The van der Waals surface area contributed by atoms with Gasteiger partial charge in [0.2, 0.25) is 5.88 Å². The second kappa shape index (κ2) is 11.6. The number of anilines is 1. The Kier molecular flexibility index (Phi) is 8.06. The van der Waals surface area contributed by atoms with Gasteiger partial charge in [0.25, 0.3) is 11.5 Å². The van der Waals surface area contributed by atoms with Crippen molar-refractivity contribution in [2.24, 2.45) is 0 Å². The molecule has 2 heterocycles. The molecule has 1 amide bonds. The van der Waals surface area contributed by atoms with E-state index in [2.05, 4.69) is 10.3 Å². The molecule has 4 rings (SSSR count). The fourth-order valence-electron chi connectivity index (χ4n) is 3.34. The Balaban J connectivity index is 1.71. The van der Waals surface area contributed by atoms with E-state index in [-0.39, 0.29) is 40.0 Å². The number of benzene rings is 2. The van der Waals surface area contributed by atoms with Crippen LogP contribution in [0.1, 0.15) is 22.8 Å². The highest BCUT2D eigenvalue weighted by molar-refractivity contribution is 6.35. The summed E-state index contributed by atoms with van der Waals surface area (Å²) in [6, 6.07) is 17.2. The van der Waals surface area contributed by atoms with Crippen molar-refractivity contribution in [1.29, 1.82) is 5.26 Å². The minimum atomic E-state index is -0.788. The third-order valence-electron chi connectivity index (χ3n) is 5.14. The van der Waals surface area contributed by atoms with Gasteiger partial charge < -0.3 is 14.8 Å². The molecular weight excluding hydrogens is 531 g/mol. The number of fused-ring (bicyclic) bond motifs is 1. The molecule has 190 valence electrons. The first kappa shape index (κ1) is 26.4. The van der Waals surface area contributed by atoms with E-state index >= 15 is 0 Å². The quantitative estimate of drug-likeness (QED) is 0.183. The summed E-state index contributed by atoms with van der Waals surface area (Å²) in [4.78, 5) is 42.5. The number of hydrogen-bond donors (Lipinski definition) is 1. The molecule has 0 aliphatic heterocycles. The number of ether oxygens (including phenoxy) is 2. The van der Waals surface area contributed by atoms with Crippen molar-refractivity contribution in [2.75, 3.05) is 11.9 Å². The first-order valence-electron chi connectivity index (χ1n) is 11.2. The number of pyridine rings is 1. The Labute approximate surface area is 226 Å². The lowest BCUT2D eigenvalue weighted by molar-refractivity contribution is -0.112. The van der Waals surface area contributed by atoms with Crippen LogP contribution in [-0.2, 0) is 9.53 Å². The molecule has 4 aromatic rings. The molecule has 0 unspecified atom stereocenters. The SMILES string of the molecule is CCOC(=O)c1ccc(NC(=O)/C(C#N)=C\c2c(Oc3ccc(Cl)cc3Cl)nc3ccccn3c2=O)cc1. The maximum Gasteiger partial charge on any atom is 0.338 e. The zero-order valence-electron chi connectivity index (χ0n) is 19.8. The molecular formula is C27H18Cl2N4O5. The molecule has 1 N–H and O–H groups in total. The second-order valence-electron chi connectivity index (χ2n) is 7.66. The molecule has 2 aromatic carbocycles. The van der Waals surface area contributed by atoms with E-state index in [1.807, 2.05) is 0 Å². The molecule has 0 aliphatic carbocycles. The lowest BCUT2D eigenvalue weighted by atomic mass is 10.1. The molecule has 0 fully saturated rings. The molecule has 0 radical (unpaired) electrons. The number of rotatable bonds is 7. The molecule has 0 bridgehead atoms. The Bertz CT molecular complexity index is 1670. The maximum atomic E-state index is 13.3. The summed E-state index contributed by atoms with van der Waals surface area (Å²) in [6.07, 6.45) is 2.59. The van der Waals surface area contributed by atoms with Crippen LogP contribution in [0.3, 0.4) is 0 Å². The number of nitriles is 1. The minimum Gasteiger partial charge on any atom is -0.462 e. The second-order valence-corrected chi connectivity index (χ2v) is 8.51. The van der Waals surface area contributed by atoms with Crippen molar-refractivity contribution >= 4 is 52.5 Å². The topological polar surface area (TPSA) is 123 Å². The van der Waals surface area contributed by atoms with Gasteiger partial charge in [-0.3, -0.25) is 14.0 Å². The van der Waals surface area contributed by atoms with Crippen molar-refractivity contribution in [2.45, 2.75) is 6.92 Å². The summed E-state index contributed by atoms with van der Waals surface area (Å²) in [5, 5.41) is 12.8. The van der Waals surface area contributed by atoms with Crippen molar-refractivity contribution in [1.82, 2.24) is 9.38 Å². The number of aromatic nitrogens is 2. The maximum absolute atomic E-state index is 13.3. The molecule has 0 saturated heterocycles. The monoisotopic (exact) mass is 548 g/mol. The summed E-state index contributed by atoms with van der Waals surface area (Å²) in [7, 11) is 0. The fourth-order valence-corrected chi connectivity index (χ4v) is 3.79. The van der Waals surface area contributed by atoms with Gasteiger partial charge in [0.15, 0.2) is 0 Å². The van der Waals surface area contributed by atoms with Gasteiger partial charge in [-0.2, -0.15) is 10.2 Å². The van der Waals surface area contributed by atoms with Crippen molar-refractivity contribution in [3.05, 3.63) is 104 Å². The molecule has 38 heavy (non-hydrogen) atoms. The van der Waals surface area contributed by atoms with Crippen LogP contribution < -0.4 is 15.6 Å². The van der Waals surface area contributed by atoms with Crippen molar-refractivity contribution in [3.63, 3.8) is 0 Å². The molecule has 0 spiro atoms. The summed E-state index contributed by atoms with van der Waals surface area (Å²) < 4.78 is 12.0. The van der Waals surface area contributed by atoms with E-state index in [4.69, 9.17) is 32.7 Å². The van der Waals surface area contributed by atoms with Crippen LogP contribution in [-0.4, -0.2) is 27.9 Å². The zero-order chi connectivity index (χ0) is 27.2. The van der Waals surface area contributed by atoms with Gasteiger partial charge in [-0.05, 0) is 67.6 Å². The molecule has 11 heteroatoms. The van der Waals surface area contributed by atoms with E-state index in [0.29, 0.717) is 16.3 Å². The molecule has 0 atom stereocenters. The zero-order valence-corrected chi connectivity index (χ0v) is 21.3. The smallest absolute Gasteiger partial charge is 0.338 e. The predicted octanol–water partition coefficient (Wildman–Crippen LogP) is 5.52. The Morgan fingerprint density at radius 3 is 2.58 bits per heavy atom. The Morgan fingerprint density at radius 2 is 1.89 bits per heavy atom. The van der Waals surface area contributed by atoms with Crippen LogP contribution in [0.15, 0.2) is 77.2 Å². The van der Waals surface area contributed by atoms with Crippen LogP contribution in [0.25, 0.3) is 11.7 Å². The van der Waals surface area contributed by atoms with Gasteiger partial charge in [0.1, 0.15) is 28.6 Å². The van der Waals surface area contributed by atoms with E-state index < -0.39 is 17.4 Å².